The smallest absolute Gasteiger partial charge is 0.435 e. The molecule has 0 spiro atoms. The van der Waals surface area contributed by atoms with Gasteiger partial charge < -0.3 is 10.0 Å². The Kier molecular flexibility index (Phi) is 6.13. The van der Waals surface area contributed by atoms with Gasteiger partial charge in [-0.05, 0) is 49.7 Å². The van der Waals surface area contributed by atoms with Crippen molar-refractivity contribution in [2.45, 2.75) is 74.9 Å². The van der Waals surface area contributed by atoms with Gasteiger partial charge in [-0.2, -0.15) is 26.3 Å². The van der Waals surface area contributed by atoms with Gasteiger partial charge in [0.25, 0.3) is 0 Å². The van der Waals surface area contributed by atoms with Gasteiger partial charge in [0, 0.05) is 30.0 Å². The molecule has 1 saturated carbocycles. The number of hydrogen-bond donors (Lipinski definition) is 1. The third-order valence-electron chi connectivity index (χ3n) is 7.63. The highest BCUT2D eigenvalue weighted by atomic mass is 19.4. The molecule has 0 radical (unpaired) electrons. The van der Waals surface area contributed by atoms with Crippen LogP contribution in [0.4, 0.5) is 30.7 Å². The third kappa shape index (κ3) is 3.94. The lowest BCUT2D eigenvalue weighted by atomic mass is 9.77. The number of aliphatic carboxylic acids is 1. The van der Waals surface area contributed by atoms with Crippen molar-refractivity contribution in [3.05, 3.63) is 34.9 Å². The van der Waals surface area contributed by atoms with Crippen LogP contribution in [-0.4, -0.2) is 46.8 Å². The standard InChI is InChI=1S/C23H24F7NO3/c24-21(22(25,26)27,23(28,29)30)15-5-6-16-12(11-15)4-7-18-17(16)8-9-31(18)19(32)13-2-1-3-14(10-13)20(33)34/h5-6,11,13-14,17-18H,1-4,7-10H2,(H,33,34)/t13?,14?,17-,18+/m0/s1. The number of alkyl halides is 7. The van der Waals surface area contributed by atoms with Gasteiger partial charge in [-0.1, -0.05) is 24.6 Å². The van der Waals surface area contributed by atoms with Gasteiger partial charge in [0.2, 0.25) is 5.91 Å². The highest BCUT2D eigenvalue weighted by molar-refractivity contribution is 5.81. The summed E-state index contributed by atoms with van der Waals surface area (Å²) in [5.41, 5.74) is -6.19. The van der Waals surface area contributed by atoms with E-state index in [1.807, 2.05) is 0 Å². The molecule has 1 N–H and O–H groups in total. The van der Waals surface area contributed by atoms with E-state index in [0.29, 0.717) is 56.3 Å². The summed E-state index contributed by atoms with van der Waals surface area (Å²) >= 11 is 0. The lowest BCUT2D eigenvalue weighted by molar-refractivity contribution is -0.348. The van der Waals surface area contributed by atoms with Crippen molar-refractivity contribution in [1.29, 1.82) is 0 Å². The predicted octanol–water partition coefficient (Wildman–Crippen LogP) is 5.50. The van der Waals surface area contributed by atoms with E-state index in [4.69, 9.17) is 0 Å². The number of carbonyl (C=O) groups is 2. The maximum absolute atomic E-state index is 14.5. The summed E-state index contributed by atoms with van der Waals surface area (Å²) in [5.74, 6) is -2.33. The van der Waals surface area contributed by atoms with Crippen LogP contribution in [0.2, 0.25) is 0 Å². The van der Waals surface area contributed by atoms with Gasteiger partial charge in [-0.25, -0.2) is 4.39 Å². The zero-order valence-electron chi connectivity index (χ0n) is 18.1. The molecule has 2 fully saturated rings. The molecule has 34 heavy (non-hydrogen) atoms. The lowest BCUT2D eigenvalue weighted by Crippen LogP contribution is -2.50. The topological polar surface area (TPSA) is 57.6 Å². The molecule has 1 saturated heterocycles. The van der Waals surface area contributed by atoms with Crippen molar-refractivity contribution in [3.8, 4) is 0 Å². The Labute approximate surface area is 191 Å². The largest absolute Gasteiger partial charge is 0.481 e. The minimum Gasteiger partial charge on any atom is -0.481 e. The maximum atomic E-state index is 14.5. The summed E-state index contributed by atoms with van der Waals surface area (Å²) in [7, 11) is 0. The average molecular weight is 495 g/mol. The van der Waals surface area contributed by atoms with Gasteiger partial charge in [0.15, 0.2) is 0 Å². The highest BCUT2D eigenvalue weighted by Crippen LogP contribution is 2.54. The second kappa shape index (κ2) is 8.41. The first-order chi connectivity index (χ1) is 15.8. The van der Waals surface area contributed by atoms with Crippen LogP contribution >= 0.6 is 0 Å². The summed E-state index contributed by atoms with van der Waals surface area (Å²) in [5, 5.41) is 9.29. The van der Waals surface area contributed by atoms with Crippen molar-refractivity contribution in [2.24, 2.45) is 11.8 Å². The molecule has 11 heteroatoms. The maximum Gasteiger partial charge on any atom is 0.435 e. The molecule has 1 aliphatic heterocycles. The van der Waals surface area contributed by atoms with Crippen molar-refractivity contribution in [3.63, 3.8) is 0 Å². The minimum atomic E-state index is -6.17. The van der Waals surface area contributed by atoms with E-state index in [0.717, 1.165) is 6.07 Å². The monoisotopic (exact) mass is 495 g/mol. The Bertz CT molecular complexity index is 960. The Balaban J connectivity index is 1.57. The molecular formula is C23H24F7NO3. The SMILES string of the molecule is O=C(O)C1CCCC(C(=O)N2CC[C@H]3c4ccc(C(F)(C(F)(F)F)C(F)(F)F)cc4CC[C@H]32)C1. The first-order valence-electron chi connectivity index (χ1n) is 11.2. The summed E-state index contributed by atoms with van der Waals surface area (Å²) < 4.78 is 93.4. The summed E-state index contributed by atoms with van der Waals surface area (Å²) in [6.45, 7) is 0.377. The van der Waals surface area contributed by atoms with Crippen molar-refractivity contribution in [2.75, 3.05) is 6.54 Å². The van der Waals surface area contributed by atoms with Gasteiger partial charge >= 0.3 is 24.0 Å². The second-order valence-corrected chi connectivity index (χ2v) is 9.50. The van der Waals surface area contributed by atoms with Crippen molar-refractivity contribution >= 4 is 11.9 Å². The van der Waals surface area contributed by atoms with Crippen LogP contribution in [0.25, 0.3) is 0 Å². The van der Waals surface area contributed by atoms with Crippen LogP contribution < -0.4 is 0 Å². The lowest BCUT2D eigenvalue weighted by Gasteiger charge is -2.37. The Morgan fingerprint density at radius 2 is 1.56 bits per heavy atom. The van der Waals surface area contributed by atoms with Crippen LogP contribution in [0.15, 0.2) is 18.2 Å². The van der Waals surface area contributed by atoms with E-state index in [1.54, 1.807) is 4.90 Å². The molecule has 1 aromatic rings. The third-order valence-corrected chi connectivity index (χ3v) is 7.63. The summed E-state index contributed by atoms with van der Waals surface area (Å²) in [6, 6.07) is 2.07. The number of nitrogens with zero attached hydrogens (tertiary/aromatic N) is 1. The fourth-order valence-corrected chi connectivity index (χ4v) is 5.91. The number of benzene rings is 1. The Morgan fingerprint density at radius 1 is 0.912 bits per heavy atom. The van der Waals surface area contributed by atoms with Crippen molar-refractivity contribution < 1.29 is 45.4 Å². The van der Waals surface area contributed by atoms with Gasteiger partial charge in [-0.3, -0.25) is 9.59 Å². The number of halogens is 7. The molecule has 4 atom stereocenters. The number of amides is 1. The fraction of sp³-hybridized carbons (Fsp3) is 0.652. The molecule has 0 aromatic heterocycles. The van der Waals surface area contributed by atoms with Crippen LogP contribution in [0.1, 0.15) is 61.1 Å². The molecular weight excluding hydrogens is 471 g/mol. The number of carboxylic acid groups (broad SMARTS) is 1. The van der Waals surface area contributed by atoms with Gasteiger partial charge in [-0.15, -0.1) is 0 Å². The van der Waals surface area contributed by atoms with Crippen molar-refractivity contribution in [1.82, 2.24) is 4.90 Å². The van der Waals surface area contributed by atoms with Gasteiger partial charge in [0.1, 0.15) is 0 Å². The molecule has 3 aliphatic rings. The number of carboxylic acids is 1. The second-order valence-electron chi connectivity index (χ2n) is 9.50. The van der Waals surface area contributed by atoms with Gasteiger partial charge in [0.05, 0.1) is 5.92 Å². The molecule has 1 amide bonds. The number of hydrogen-bond acceptors (Lipinski definition) is 2. The molecule has 0 bridgehead atoms. The Hall–Kier alpha value is -2.33. The quantitative estimate of drug-likeness (QED) is 0.564. The average Bonchev–Trinajstić information content (AvgIpc) is 3.20. The highest BCUT2D eigenvalue weighted by Gasteiger charge is 2.73. The van der Waals surface area contributed by atoms with E-state index in [9.17, 15) is 45.4 Å². The van der Waals surface area contributed by atoms with Crippen LogP contribution in [0.3, 0.4) is 0 Å². The molecule has 1 heterocycles. The molecule has 4 nitrogen and oxygen atoms in total. The number of fused-ring (bicyclic) bond motifs is 3. The number of aryl methyl sites for hydroxylation is 1. The predicted molar refractivity (Wildman–Crippen MR) is 106 cm³/mol. The molecule has 2 aliphatic carbocycles. The zero-order chi connectivity index (χ0) is 25.1. The molecule has 188 valence electrons. The molecule has 4 rings (SSSR count). The van der Waals surface area contributed by atoms with E-state index in [1.165, 1.54) is 0 Å². The number of carbonyl (C=O) groups excluding carboxylic acids is 1. The fourth-order valence-electron chi connectivity index (χ4n) is 5.91. The Morgan fingerprint density at radius 3 is 2.18 bits per heavy atom. The molecule has 1 aromatic carbocycles. The number of likely N-dealkylation sites (tertiary alicyclic amines) is 1. The van der Waals surface area contributed by atoms with Crippen LogP contribution in [0, 0.1) is 11.8 Å². The van der Waals surface area contributed by atoms with Crippen LogP contribution in [-0.2, 0) is 21.7 Å². The first-order valence-corrected chi connectivity index (χ1v) is 11.2. The van der Waals surface area contributed by atoms with Crippen LogP contribution in [0.5, 0.6) is 0 Å². The first kappa shape index (κ1) is 24.8. The van der Waals surface area contributed by atoms with E-state index in [2.05, 4.69) is 0 Å². The molecule has 2 unspecified atom stereocenters. The van der Waals surface area contributed by atoms with E-state index in [-0.39, 0.29) is 36.3 Å². The van der Waals surface area contributed by atoms with E-state index >= 15 is 0 Å². The van der Waals surface area contributed by atoms with E-state index < -0.39 is 41.4 Å². The normalized spacial score (nSPS) is 27.8. The minimum absolute atomic E-state index is 0.113. The number of rotatable bonds is 3. The zero-order valence-corrected chi connectivity index (χ0v) is 18.1. The summed E-state index contributed by atoms with van der Waals surface area (Å²) in [4.78, 5) is 26.2. The summed E-state index contributed by atoms with van der Waals surface area (Å²) in [6.07, 6.45) is -9.41.